The maximum absolute atomic E-state index is 11.1. The number of anilines is 1. The van der Waals surface area contributed by atoms with E-state index in [4.69, 9.17) is 9.57 Å². The van der Waals surface area contributed by atoms with Gasteiger partial charge in [0.2, 0.25) is 5.96 Å². The topological polar surface area (TPSA) is 84.8 Å². The highest BCUT2D eigenvalue weighted by Gasteiger charge is 2.06. The molecule has 0 aliphatic rings. The summed E-state index contributed by atoms with van der Waals surface area (Å²) >= 11 is 0. The minimum absolute atomic E-state index is 0.263. The standard InChI is InChI=1S/C20H20N4O3/c1-14(25)27-24-20(22-13-17-9-5-6-10-18(17)26-2)23-19-11-15-7-3-4-8-16(15)12-21-19/h3-12H,13H2,1-2H3,(H2,21,22,23,24). The van der Waals surface area contributed by atoms with Gasteiger partial charge in [0.15, 0.2) is 0 Å². The maximum atomic E-state index is 11.1. The fourth-order valence-corrected chi connectivity index (χ4v) is 2.49. The Morgan fingerprint density at radius 3 is 2.63 bits per heavy atom. The number of rotatable bonds is 4. The Balaban J connectivity index is 1.82. The first kappa shape index (κ1) is 18.2. The van der Waals surface area contributed by atoms with Crippen LogP contribution in [0.5, 0.6) is 5.75 Å². The molecule has 2 N–H and O–H groups in total. The van der Waals surface area contributed by atoms with Crippen molar-refractivity contribution in [1.29, 1.82) is 0 Å². The second kappa shape index (κ2) is 8.66. The molecule has 0 saturated carbocycles. The molecule has 0 aliphatic carbocycles. The number of carbonyl (C=O) groups excluding carboxylic acids is 1. The lowest BCUT2D eigenvalue weighted by atomic mass is 10.2. The summed E-state index contributed by atoms with van der Waals surface area (Å²) in [6, 6.07) is 17.4. The molecule has 2 aromatic carbocycles. The van der Waals surface area contributed by atoms with Crippen molar-refractivity contribution in [3.63, 3.8) is 0 Å². The Kier molecular flexibility index (Phi) is 5.84. The van der Waals surface area contributed by atoms with Gasteiger partial charge in [-0.25, -0.2) is 9.98 Å². The molecule has 0 bridgehead atoms. The lowest BCUT2D eigenvalue weighted by molar-refractivity contribution is -0.145. The quantitative estimate of drug-likeness (QED) is 0.420. The molecule has 0 radical (unpaired) electrons. The molecule has 1 aromatic heterocycles. The number of ether oxygens (including phenoxy) is 1. The molecule has 0 unspecified atom stereocenters. The smallest absolute Gasteiger partial charge is 0.329 e. The average molecular weight is 364 g/mol. The summed E-state index contributed by atoms with van der Waals surface area (Å²) in [5.74, 6) is 1.09. The first-order valence-electron chi connectivity index (χ1n) is 8.37. The number of aromatic nitrogens is 1. The molecule has 0 atom stereocenters. The Hall–Kier alpha value is -3.61. The van der Waals surface area contributed by atoms with Gasteiger partial charge < -0.3 is 14.9 Å². The van der Waals surface area contributed by atoms with E-state index in [0.29, 0.717) is 12.4 Å². The molecule has 0 saturated heterocycles. The summed E-state index contributed by atoms with van der Waals surface area (Å²) < 4.78 is 5.33. The number of guanidine groups is 1. The van der Waals surface area contributed by atoms with Crippen molar-refractivity contribution >= 4 is 28.5 Å². The van der Waals surface area contributed by atoms with Crippen molar-refractivity contribution in [2.45, 2.75) is 13.5 Å². The number of hydrogen-bond acceptors (Lipinski definition) is 5. The second-order valence-electron chi connectivity index (χ2n) is 5.71. The lowest BCUT2D eigenvalue weighted by Gasteiger charge is -2.12. The van der Waals surface area contributed by atoms with Crippen LogP contribution >= 0.6 is 0 Å². The number of pyridine rings is 1. The van der Waals surface area contributed by atoms with Gasteiger partial charge in [-0.2, -0.15) is 5.48 Å². The van der Waals surface area contributed by atoms with Gasteiger partial charge in [-0.3, -0.25) is 4.79 Å². The Morgan fingerprint density at radius 2 is 1.85 bits per heavy atom. The van der Waals surface area contributed by atoms with Crippen molar-refractivity contribution in [2.75, 3.05) is 12.4 Å². The number of benzene rings is 2. The zero-order valence-corrected chi connectivity index (χ0v) is 15.1. The van der Waals surface area contributed by atoms with E-state index in [1.807, 2.05) is 54.6 Å². The Morgan fingerprint density at radius 1 is 1.11 bits per heavy atom. The van der Waals surface area contributed by atoms with Gasteiger partial charge in [-0.05, 0) is 17.5 Å². The molecule has 3 rings (SSSR count). The van der Waals surface area contributed by atoms with Crippen LogP contribution in [0.25, 0.3) is 10.8 Å². The average Bonchev–Trinajstić information content (AvgIpc) is 2.70. The molecule has 0 aliphatic heterocycles. The van der Waals surface area contributed by atoms with E-state index in [1.54, 1.807) is 13.3 Å². The zero-order valence-electron chi connectivity index (χ0n) is 15.1. The van der Waals surface area contributed by atoms with Crippen molar-refractivity contribution in [3.8, 4) is 5.75 Å². The number of hydrogen-bond donors (Lipinski definition) is 2. The maximum Gasteiger partial charge on any atom is 0.329 e. The lowest BCUT2D eigenvalue weighted by Crippen LogP contribution is -2.32. The Bertz CT molecular complexity index is 972. The van der Waals surface area contributed by atoms with Crippen molar-refractivity contribution < 1.29 is 14.4 Å². The van der Waals surface area contributed by atoms with Crippen LogP contribution in [0.1, 0.15) is 12.5 Å². The van der Waals surface area contributed by atoms with Crippen LogP contribution < -0.4 is 15.5 Å². The molecule has 0 amide bonds. The van der Waals surface area contributed by atoms with Crippen LogP contribution in [0.15, 0.2) is 65.8 Å². The van der Waals surface area contributed by atoms with Crippen molar-refractivity contribution in [2.24, 2.45) is 4.99 Å². The predicted octanol–water partition coefficient (Wildman–Crippen LogP) is 3.28. The first-order valence-corrected chi connectivity index (χ1v) is 8.37. The molecule has 3 aromatic rings. The third-order valence-corrected chi connectivity index (χ3v) is 3.77. The van der Waals surface area contributed by atoms with Gasteiger partial charge in [0.1, 0.15) is 11.6 Å². The molecule has 7 nitrogen and oxygen atoms in total. The number of methoxy groups -OCH3 is 1. The van der Waals surface area contributed by atoms with E-state index in [0.717, 1.165) is 22.1 Å². The summed E-state index contributed by atoms with van der Waals surface area (Å²) in [6.45, 7) is 1.63. The molecule has 1 heterocycles. The number of aliphatic imine (C=N–C) groups is 1. The molecule has 7 heteroatoms. The minimum Gasteiger partial charge on any atom is -0.496 e. The Labute approximate surface area is 157 Å². The molecular formula is C20H20N4O3. The minimum atomic E-state index is -0.478. The molecule has 0 spiro atoms. The van der Waals surface area contributed by atoms with Gasteiger partial charge in [0.25, 0.3) is 0 Å². The number of para-hydroxylation sites is 1. The van der Waals surface area contributed by atoms with E-state index >= 15 is 0 Å². The van der Waals surface area contributed by atoms with Gasteiger partial charge >= 0.3 is 5.97 Å². The van der Waals surface area contributed by atoms with Crippen molar-refractivity contribution in [1.82, 2.24) is 10.5 Å². The van der Waals surface area contributed by atoms with Gasteiger partial charge in [0, 0.05) is 24.1 Å². The van der Waals surface area contributed by atoms with E-state index in [9.17, 15) is 4.79 Å². The highest BCUT2D eigenvalue weighted by atomic mass is 16.7. The third-order valence-electron chi connectivity index (χ3n) is 3.77. The number of nitrogens with one attached hydrogen (secondary N) is 2. The van der Waals surface area contributed by atoms with Crippen LogP contribution in [0.3, 0.4) is 0 Å². The molecule has 0 fully saturated rings. The van der Waals surface area contributed by atoms with Crippen LogP contribution in [-0.4, -0.2) is 24.0 Å². The second-order valence-corrected chi connectivity index (χ2v) is 5.71. The van der Waals surface area contributed by atoms with Crippen LogP contribution in [0.4, 0.5) is 5.82 Å². The van der Waals surface area contributed by atoms with Crippen LogP contribution in [0.2, 0.25) is 0 Å². The summed E-state index contributed by atoms with van der Waals surface area (Å²) in [7, 11) is 1.61. The monoisotopic (exact) mass is 364 g/mol. The molecule has 27 heavy (non-hydrogen) atoms. The summed E-state index contributed by atoms with van der Waals surface area (Å²) in [5, 5.41) is 5.11. The van der Waals surface area contributed by atoms with Gasteiger partial charge in [-0.1, -0.05) is 42.5 Å². The van der Waals surface area contributed by atoms with E-state index < -0.39 is 5.97 Å². The normalized spacial score (nSPS) is 11.1. The SMILES string of the molecule is COc1ccccc1CN=C(NOC(C)=O)Nc1cc2ccccc2cn1. The highest BCUT2D eigenvalue weighted by Crippen LogP contribution is 2.19. The number of nitrogens with zero attached hydrogens (tertiary/aromatic N) is 2. The predicted molar refractivity (Wildman–Crippen MR) is 104 cm³/mol. The fraction of sp³-hybridized carbons (Fsp3) is 0.150. The van der Waals surface area contributed by atoms with Gasteiger partial charge in [0.05, 0.1) is 13.7 Å². The number of carbonyl (C=O) groups is 1. The van der Waals surface area contributed by atoms with Crippen LogP contribution in [-0.2, 0) is 16.2 Å². The van der Waals surface area contributed by atoms with E-state index in [-0.39, 0.29) is 5.96 Å². The molecule has 138 valence electrons. The van der Waals surface area contributed by atoms with E-state index in [1.165, 1.54) is 6.92 Å². The highest BCUT2D eigenvalue weighted by molar-refractivity contribution is 5.94. The summed E-state index contributed by atoms with van der Waals surface area (Å²) in [5.41, 5.74) is 3.43. The largest absolute Gasteiger partial charge is 0.496 e. The summed E-state index contributed by atoms with van der Waals surface area (Å²) in [6.07, 6.45) is 1.77. The fourth-order valence-electron chi connectivity index (χ4n) is 2.49. The number of fused-ring (bicyclic) bond motifs is 1. The zero-order chi connectivity index (χ0) is 19.1. The molecular weight excluding hydrogens is 344 g/mol. The van der Waals surface area contributed by atoms with Crippen molar-refractivity contribution in [3.05, 3.63) is 66.4 Å². The third kappa shape index (κ3) is 4.94. The van der Waals surface area contributed by atoms with Crippen LogP contribution in [0, 0.1) is 0 Å². The number of hydroxylamine groups is 1. The summed E-state index contributed by atoms with van der Waals surface area (Å²) in [4.78, 5) is 24.8. The van der Waals surface area contributed by atoms with E-state index in [2.05, 4.69) is 20.8 Å². The van der Waals surface area contributed by atoms with Gasteiger partial charge in [-0.15, -0.1) is 0 Å². The first-order chi connectivity index (χ1) is 13.2.